The van der Waals surface area contributed by atoms with Crippen LogP contribution < -0.4 is 5.32 Å². The molecule has 0 aliphatic rings. The van der Waals surface area contributed by atoms with Gasteiger partial charge in [0.15, 0.2) is 5.78 Å². The van der Waals surface area contributed by atoms with Gasteiger partial charge in [-0.1, -0.05) is 37.3 Å². The van der Waals surface area contributed by atoms with Crippen molar-refractivity contribution in [3.8, 4) is 0 Å². The zero-order valence-electron chi connectivity index (χ0n) is 14.2. The number of ketones is 1. The lowest BCUT2D eigenvalue weighted by molar-refractivity contribution is 0.0605. The first-order valence-electron chi connectivity index (χ1n) is 8.18. The van der Waals surface area contributed by atoms with Gasteiger partial charge in [-0.3, -0.25) is 4.79 Å². The number of nitrogens with zero attached hydrogens (tertiary/aromatic N) is 2. The molecule has 25 heavy (non-hydrogen) atoms. The van der Waals surface area contributed by atoms with E-state index in [1.54, 1.807) is 10.9 Å². The van der Waals surface area contributed by atoms with E-state index in [9.17, 15) is 9.59 Å². The van der Waals surface area contributed by atoms with Gasteiger partial charge < -0.3 is 19.7 Å². The van der Waals surface area contributed by atoms with Crippen molar-refractivity contribution < 1.29 is 19.4 Å². The van der Waals surface area contributed by atoms with Crippen LogP contribution in [-0.4, -0.2) is 33.1 Å². The minimum atomic E-state index is -1.05. The second-order valence-corrected chi connectivity index (χ2v) is 5.96. The van der Waals surface area contributed by atoms with Gasteiger partial charge in [0.05, 0.1) is 19.1 Å². The molecule has 2 N–H and O–H groups in total. The maximum Gasteiger partial charge on any atom is 0.404 e. The molecule has 0 bridgehead atoms. The van der Waals surface area contributed by atoms with Crippen molar-refractivity contribution in [2.45, 2.75) is 33.1 Å². The molecule has 0 unspecified atom stereocenters. The first-order valence-corrected chi connectivity index (χ1v) is 8.18. The first-order chi connectivity index (χ1) is 12.1. The van der Waals surface area contributed by atoms with Crippen molar-refractivity contribution in [3.63, 3.8) is 0 Å². The van der Waals surface area contributed by atoms with E-state index in [0.717, 1.165) is 5.56 Å². The number of ether oxygens (including phenoxy) is 1. The highest BCUT2D eigenvalue weighted by molar-refractivity contribution is 5.94. The second kappa shape index (κ2) is 9.58. The van der Waals surface area contributed by atoms with Gasteiger partial charge in [0.2, 0.25) is 0 Å². The maximum atomic E-state index is 12.4. The second-order valence-electron chi connectivity index (χ2n) is 5.96. The molecule has 0 radical (unpaired) electrons. The van der Waals surface area contributed by atoms with Crippen molar-refractivity contribution in [1.82, 2.24) is 14.9 Å². The third kappa shape index (κ3) is 6.39. The van der Waals surface area contributed by atoms with Gasteiger partial charge in [0.1, 0.15) is 12.4 Å². The highest BCUT2D eigenvalue weighted by atomic mass is 16.5. The summed E-state index contributed by atoms with van der Waals surface area (Å²) >= 11 is 0. The predicted octanol–water partition coefficient (Wildman–Crippen LogP) is 2.92. The summed E-state index contributed by atoms with van der Waals surface area (Å²) in [4.78, 5) is 26.9. The molecule has 0 aliphatic carbocycles. The number of carbonyl (C=O) groups excluding carboxylic acids is 1. The Morgan fingerprint density at radius 1 is 1.32 bits per heavy atom. The number of carbonyl (C=O) groups is 2. The van der Waals surface area contributed by atoms with E-state index in [2.05, 4.69) is 10.3 Å². The van der Waals surface area contributed by atoms with Crippen LogP contribution in [0.1, 0.15) is 35.8 Å². The molecule has 1 aromatic heterocycles. The lowest BCUT2D eigenvalue weighted by atomic mass is 10.00. The van der Waals surface area contributed by atoms with Gasteiger partial charge in [0, 0.05) is 13.0 Å². The molecule has 1 heterocycles. The smallest absolute Gasteiger partial charge is 0.404 e. The van der Waals surface area contributed by atoms with Crippen molar-refractivity contribution >= 4 is 11.9 Å². The topological polar surface area (TPSA) is 93.5 Å². The Bertz CT molecular complexity index is 685. The standard InChI is InChI=1S/C18H23N3O4/c1-14(7-8-20-18(23)24)9-17(22)16-10-19-12-21(16)13-25-11-15-5-3-2-4-6-15/h2-6,10,12,14,20H,7-9,11,13H2,1H3,(H,23,24)/t14-/m0/s1. The Labute approximate surface area is 146 Å². The molecular weight excluding hydrogens is 322 g/mol. The molecule has 2 aromatic rings. The first kappa shape index (κ1) is 18.7. The molecule has 2 rings (SSSR count). The maximum absolute atomic E-state index is 12.4. The summed E-state index contributed by atoms with van der Waals surface area (Å²) < 4.78 is 7.33. The number of aromatic nitrogens is 2. The van der Waals surface area contributed by atoms with Crippen LogP contribution >= 0.6 is 0 Å². The van der Waals surface area contributed by atoms with E-state index in [1.807, 2.05) is 37.3 Å². The molecule has 7 heteroatoms. The van der Waals surface area contributed by atoms with E-state index in [-0.39, 0.29) is 18.4 Å². The van der Waals surface area contributed by atoms with Crippen LogP contribution in [0.25, 0.3) is 0 Å². The number of Topliss-reactive ketones (excluding diaryl/α,β-unsaturated/α-hetero) is 1. The van der Waals surface area contributed by atoms with Gasteiger partial charge in [0.25, 0.3) is 0 Å². The van der Waals surface area contributed by atoms with Crippen molar-refractivity contribution in [1.29, 1.82) is 0 Å². The highest BCUT2D eigenvalue weighted by Gasteiger charge is 2.15. The zero-order valence-corrected chi connectivity index (χ0v) is 14.2. The number of rotatable bonds is 10. The summed E-state index contributed by atoms with van der Waals surface area (Å²) in [5.41, 5.74) is 1.57. The van der Waals surface area contributed by atoms with Gasteiger partial charge in [-0.2, -0.15) is 0 Å². The van der Waals surface area contributed by atoms with Gasteiger partial charge in [-0.25, -0.2) is 9.78 Å². The molecular formula is C18H23N3O4. The van der Waals surface area contributed by atoms with Crippen LogP contribution in [0.4, 0.5) is 4.79 Å². The average Bonchev–Trinajstić information content (AvgIpc) is 3.04. The van der Waals surface area contributed by atoms with E-state index in [4.69, 9.17) is 9.84 Å². The largest absolute Gasteiger partial charge is 0.465 e. The SMILES string of the molecule is C[C@@H](CCNC(=O)O)CC(=O)c1cncn1COCc1ccccc1. The van der Waals surface area contributed by atoms with Crippen molar-refractivity contribution in [2.75, 3.05) is 6.54 Å². The van der Waals surface area contributed by atoms with E-state index >= 15 is 0 Å². The Morgan fingerprint density at radius 2 is 2.08 bits per heavy atom. The van der Waals surface area contributed by atoms with Crippen LogP contribution in [0.15, 0.2) is 42.9 Å². The molecule has 1 aromatic carbocycles. The summed E-state index contributed by atoms with van der Waals surface area (Å²) in [5, 5.41) is 10.9. The summed E-state index contributed by atoms with van der Waals surface area (Å²) in [6, 6.07) is 9.81. The molecule has 1 atom stereocenters. The third-order valence-electron chi connectivity index (χ3n) is 3.79. The minimum absolute atomic E-state index is 0.0244. The van der Waals surface area contributed by atoms with Crippen LogP contribution in [0, 0.1) is 5.92 Å². The Balaban J connectivity index is 1.81. The molecule has 134 valence electrons. The van der Waals surface area contributed by atoms with Crippen molar-refractivity contribution in [2.24, 2.45) is 5.92 Å². The Kier molecular flexibility index (Phi) is 7.16. The van der Waals surface area contributed by atoms with Crippen LogP contribution in [0.3, 0.4) is 0 Å². The van der Waals surface area contributed by atoms with Gasteiger partial charge in [-0.05, 0) is 17.9 Å². The van der Waals surface area contributed by atoms with E-state index in [1.165, 1.54) is 6.20 Å². The quantitative estimate of drug-likeness (QED) is 0.646. The molecule has 0 saturated carbocycles. The molecule has 0 spiro atoms. The van der Waals surface area contributed by atoms with Crippen molar-refractivity contribution in [3.05, 3.63) is 54.1 Å². The molecule has 7 nitrogen and oxygen atoms in total. The fraction of sp³-hybridized carbons (Fsp3) is 0.389. The number of hydrogen-bond donors (Lipinski definition) is 2. The minimum Gasteiger partial charge on any atom is -0.465 e. The van der Waals surface area contributed by atoms with Crippen LogP contribution in [0.5, 0.6) is 0 Å². The zero-order chi connectivity index (χ0) is 18.1. The summed E-state index contributed by atoms with van der Waals surface area (Å²) in [5.74, 6) is 0.0524. The fourth-order valence-electron chi connectivity index (χ4n) is 2.44. The molecule has 0 fully saturated rings. The van der Waals surface area contributed by atoms with Crippen LogP contribution in [-0.2, 0) is 18.1 Å². The van der Waals surface area contributed by atoms with Crippen LogP contribution in [0.2, 0.25) is 0 Å². The van der Waals surface area contributed by atoms with Gasteiger partial charge in [-0.15, -0.1) is 0 Å². The number of carboxylic acid groups (broad SMARTS) is 1. The summed E-state index contributed by atoms with van der Waals surface area (Å²) in [7, 11) is 0. The lowest BCUT2D eigenvalue weighted by Gasteiger charge is -2.12. The Morgan fingerprint density at radius 3 is 2.80 bits per heavy atom. The molecule has 1 amide bonds. The highest BCUT2D eigenvalue weighted by Crippen LogP contribution is 2.13. The average molecular weight is 345 g/mol. The lowest BCUT2D eigenvalue weighted by Crippen LogP contribution is -2.24. The fourth-order valence-corrected chi connectivity index (χ4v) is 2.44. The van der Waals surface area contributed by atoms with E-state index in [0.29, 0.717) is 31.7 Å². The number of nitrogens with one attached hydrogen (secondary N) is 1. The normalized spacial score (nSPS) is 11.9. The summed E-state index contributed by atoms with van der Waals surface area (Å²) in [6.45, 7) is 2.98. The predicted molar refractivity (Wildman–Crippen MR) is 92.2 cm³/mol. The van der Waals surface area contributed by atoms with E-state index < -0.39 is 6.09 Å². The molecule has 0 saturated heterocycles. The van der Waals surface area contributed by atoms with Gasteiger partial charge >= 0.3 is 6.09 Å². The summed E-state index contributed by atoms with van der Waals surface area (Å²) in [6.07, 6.45) is 3.01. The number of imidazole rings is 1. The molecule has 0 aliphatic heterocycles. The monoisotopic (exact) mass is 345 g/mol. The number of benzene rings is 1. The number of hydrogen-bond acceptors (Lipinski definition) is 4. The Hall–Kier alpha value is -2.67. The third-order valence-corrected chi connectivity index (χ3v) is 3.79. The number of amides is 1.